The Morgan fingerprint density at radius 2 is 1.96 bits per heavy atom. The first-order chi connectivity index (χ1) is 10.9. The van der Waals surface area contributed by atoms with E-state index in [-0.39, 0.29) is 18.1 Å². The lowest BCUT2D eigenvalue weighted by Crippen LogP contribution is -2.22. The molecule has 0 aliphatic heterocycles. The van der Waals surface area contributed by atoms with Gasteiger partial charge in [-0.1, -0.05) is 12.1 Å². The molecule has 0 bridgehead atoms. The molecule has 0 spiro atoms. The SMILES string of the molecule is CN(C)S(=O)(=O)c1ccc(-c2csc(NC(=O)C3CC3)n2)cc1.[HH]. The second-order valence-corrected chi connectivity index (χ2v) is 8.62. The van der Waals surface area contributed by atoms with Crippen LogP contribution in [-0.2, 0) is 14.8 Å². The van der Waals surface area contributed by atoms with Crippen molar-refractivity contribution in [2.24, 2.45) is 5.92 Å². The van der Waals surface area contributed by atoms with Crippen molar-refractivity contribution in [1.82, 2.24) is 9.29 Å². The fourth-order valence-electron chi connectivity index (χ4n) is 2.03. The van der Waals surface area contributed by atoms with Gasteiger partial charge in [-0.2, -0.15) is 0 Å². The molecule has 0 unspecified atom stereocenters. The fraction of sp³-hybridized carbons (Fsp3) is 0.333. The van der Waals surface area contributed by atoms with Crippen LogP contribution in [0.2, 0.25) is 0 Å². The van der Waals surface area contributed by atoms with E-state index >= 15 is 0 Å². The second kappa shape index (κ2) is 6.03. The number of benzene rings is 1. The number of nitrogens with zero attached hydrogens (tertiary/aromatic N) is 2. The van der Waals surface area contributed by atoms with Crippen LogP contribution in [0.25, 0.3) is 11.3 Å². The molecule has 23 heavy (non-hydrogen) atoms. The third kappa shape index (κ3) is 3.44. The van der Waals surface area contributed by atoms with Crippen LogP contribution in [0.3, 0.4) is 0 Å². The first kappa shape index (κ1) is 16.1. The summed E-state index contributed by atoms with van der Waals surface area (Å²) in [5.41, 5.74) is 1.53. The molecule has 124 valence electrons. The lowest BCUT2D eigenvalue weighted by molar-refractivity contribution is -0.117. The number of nitrogens with one attached hydrogen (secondary N) is 1. The van der Waals surface area contributed by atoms with Gasteiger partial charge in [-0.05, 0) is 25.0 Å². The molecule has 1 aliphatic carbocycles. The number of anilines is 1. The highest BCUT2D eigenvalue weighted by Gasteiger charge is 2.30. The molecule has 1 aromatic heterocycles. The molecule has 0 radical (unpaired) electrons. The number of amides is 1. The minimum absolute atomic E-state index is 0. The highest BCUT2D eigenvalue weighted by molar-refractivity contribution is 7.89. The van der Waals surface area contributed by atoms with Crippen LogP contribution in [-0.4, -0.2) is 37.7 Å². The van der Waals surface area contributed by atoms with E-state index in [0.29, 0.717) is 5.13 Å². The Bertz CT molecular complexity index is 828. The summed E-state index contributed by atoms with van der Waals surface area (Å²) in [6.45, 7) is 0. The molecular weight excluding hydrogens is 334 g/mol. The quantitative estimate of drug-likeness (QED) is 0.896. The molecule has 1 aliphatic rings. The van der Waals surface area contributed by atoms with E-state index in [1.807, 2.05) is 5.38 Å². The van der Waals surface area contributed by atoms with Crippen molar-refractivity contribution in [3.8, 4) is 11.3 Å². The van der Waals surface area contributed by atoms with E-state index in [0.717, 1.165) is 24.1 Å². The highest BCUT2D eigenvalue weighted by Crippen LogP contribution is 2.32. The Kier molecular flexibility index (Phi) is 4.22. The summed E-state index contributed by atoms with van der Waals surface area (Å²) in [7, 11) is -0.434. The van der Waals surface area contributed by atoms with Crippen molar-refractivity contribution < 1.29 is 14.6 Å². The van der Waals surface area contributed by atoms with Gasteiger partial charge in [0.1, 0.15) is 0 Å². The lowest BCUT2D eigenvalue weighted by atomic mass is 10.2. The molecule has 0 atom stereocenters. The first-order valence-corrected chi connectivity index (χ1v) is 9.49. The van der Waals surface area contributed by atoms with Gasteiger partial charge in [0.2, 0.25) is 15.9 Å². The average molecular weight is 353 g/mol. The first-order valence-electron chi connectivity index (χ1n) is 7.17. The summed E-state index contributed by atoms with van der Waals surface area (Å²) in [4.78, 5) is 16.3. The smallest absolute Gasteiger partial charge is 0.242 e. The number of hydrogen-bond acceptors (Lipinski definition) is 5. The van der Waals surface area contributed by atoms with Crippen LogP contribution in [0.1, 0.15) is 14.3 Å². The second-order valence-electron chi connectivity index (χ2n) is 5.61. The third-order valence-corrected chi connectivity index (χ3v) is 6.20. The zero-order valence-electron chi connectivity index (χ0n) is 12.8. The van der Waals surface area contributed by atoms with Crippen LogP contribution < -0.4 is 5.32 Å². The Morgan fingerprint density at radius 1 is 1.30 bits per heavy atom. The minimum atomic E-state index is -3.43. The summed E-state index contributed by atoms with van der Waals surface area (Å²) in [6, 6.07) is 6.56. The molecule has 1 fully saturated rings. The number of carbonyl (C=O) groups is 1. The van der Waals surface area contributed by atoms with Gasteiger partial charge in [-0.25, -0.2) is 17.7 Å². The largest absolute Gasteiger partial charge is 0.302 e. The normalized spacial score (nSPS) is 14.9. The van der Waals surface area contributed by atoms with Crippen LogP contribution in [0.15, 0.2) is 34.5 Å². The minimum Gasteiger partial charge on any atom is -0.302 e. The predicted octanol–water partition coefficient (Wildman–Crippen LogP) is 2.65. The summed E-state index contributed by atoms with van der Waals surface area (Å²) >= 11 is 1.36. The van der Waals surface area contributed by atoms with Crippen molar-refractivity contribution in [2.75, 3.05) is 19.4 Å². The van der Waals surface area contributed by atoms with Crippen LogP contribution in [0.5, 0.6) is 0 Å². The lowest BCUT2D eigenvalue weighted by Gasteiger charge is -2.11. The van der Waals surface area contributed by atoms with Crippen LogP contribution >= 0.6 is 11.3 Å². The van der Waals surface area contributed by atoms with Crippen molar-refractivity contribution in [2.45, 2.75) is 17.7 Å². The number of sulfonamides is 1. The van der Waals surface area contributed by atoms with Gasteiger partial charge < -0.3 is 5.32 Å². The molecule has 3 rings (SSSR count). The molecule has 1 N–H and O–H groups in total. The number of carbonyl (C=O) groups excluding carboxylic acids is 1. The van der Waals surface area contributed by atoms with Crippen molar-refractivity contribution in [3.05, 3.63) is 29.6 Å². The van der Waals surface area contributed by atoms with Gasteiger partial charge in [-0.15, -0.1) is 11.3 Å². The Morgan fingerprint density at radius 3 is 2.52 bits per heavy atom. The topological polar surface area (TPSA) is 79.4 Å². The van der Waals surface area contributed by atoms with Gasteiger partial charge >= 0.3 is 0 Å². The zero-order chi connectivity index (χ0) is 16.6. The van der Waals surface area contributed by atoms with E-state index < -0.39 is 10.0 Å². The molecule has 2 aromatic rings. The van der Waals surface area contributed by atoms with Gasteiger partial charge in [0, 0.05) is 32.4 Å². The summed E-state index contributed by atoms with van der Waals surface area (Å²) in [5.74, 6) is 0.163. The zero-order valence-corrected chi connectivity index (χ0v) is 14.4. The maximum Gasteiger partial charge on any atom is 0.242 e. The molecule has 1 amide bonds. The molecule has 8 heteroatoms. The van der Waals surface area contributed by atoms with Gasteiger partial charge in [0.15, 0.2) is 5.13 Å². The Balaban J connectivity index is 0.00000208. The average Bonchev–Trinajstić information content (AvgIpc) is 3.28. The molecule has 0 saturated heterocycles. The van der Waals surface area contributed by atoms with Crippen molar-refractivity contribution in [3.63, 3.8) is 0 Å². The standard InChI is InChI=1S/C15H17N3O3S2.H2/c1-18(2)23(20,21)12-7-5-10(6-8-12)13-9-22-15(16-13)17-14(19)11-3-4-11;/h5-9,11H,3-4H2,1-2H3,(H,16,17,19);1H. The molecule has 1 saturated carbocycles. The maximum absolute atomic E-state index is 12.0. The molecule has 1 heterocycles. The van der Waals surface area contributed by atoms with E-state index in [2.05, 4.69) is 10.3 Å². The van der Waals surface area contributed by atoms with Crippen LogP contribution in [0, 0.1) is 5.92 Å². The monoisotopic (exact) mass is 353 g/mol. The van der Waals surface area contributed by atoms with E-state index in [9.17, 15) is 13.2 Å². The van der Waals surface area contributed by atoms with Crippen LogP contribution in [0.4, 0.5) is 5.13 Å². The molecule has 6 nitrogen and oxygen atoms in total. The van der Waals surface area contributed by atoms with Gasteiger partial charge in [-0.3, -0.25) is 4.79 Å². The summed E-state index contributed by atoms with van der Waals surface area (Å²) < 4.78 is 25.3. The molecule has 1 aromatic carbocycles. The summed E-state index contributed by atoms with van der Waals surface area (Å²) in [5, 5.41) is 5.23. The molecular formula is C15H19N3O3S2. The van der Waals surface area contributed by atoms with E-state index in [4.69, 9.17) is 0 Å². The number of hydrogen-bond donors (Lipinski definition) is 1. The Labute approximate surface area is 140 Å². The third-order valence-electron chi connectivity index (χ3n) is 3.61. The van der Waals surface area contributed by atoms with E-state index in [1.54, 1.807) is 24.3 Å². The van der Waals surface area contributed by atoms with Crippen molar-refractivity contribution in [1.29, 1.82) is 0 Å². The van der Waals surface area contributed by atoms with Crippen molar-refractivity contribution >= 4 is 32.4 Å². The van der Waals surface area contributed by atoms with E-state index in [1.165, 1.54) is 29.7 Å². The Hall–Kier alpha value is -1.77. The van der Waals surface area contributed by atoms with Gasteiger partial charge in [0.25, 0.3) is 0 Å². The number of aromatic nitrogens is 1. The highest BCUT2D eigenvalue weighted by atomic mass is 32.2. The van der Waals surface area contributed by atoms with Gasteiger partial charge in [0.05, 0.1) is 10.6 Å². The maximum atomic E-state index is 12.0. The fourth-order valence-corrected chi connectivity index (χ4v) is 3.65. The number of rotatable bonds is 5. The summed E-state index contributed by atoms with van der Waals surface area (Å²) in [6.07, 6.45) is 1.90. The predicted molar refractivity (Wildman–Crippen MR) is 91.9 cm³/mol. The number of thiazole rings is 1.